The highest BCUT2D eigenvalue weighted by atomic mass is 19.1. The number of anilines is 1. The molecule has 2 N–H and O–H groups in total. The average molecular weight is 277 g/mol. The molecule has 0 bridgehead atoms. The first-order valence-corrected chi connectivity index (χ1v) is 5.41. The third-order valence-electron chi connectivity index (χ3n) is 2.44. The average Bonchev–Trinajstić information content (AvgIpc) is 2.39. The minimum atomic E-state index is -1.50. The molecule has 1 aromatic heterocycles. The Labute approximate surface area is 111 Å². The molecular weight excluding hydrogens is 269 g/mol. The third kappa shape index (κ3) is 2.72. The second kappa shape index (κ2) is 5.35. The van der Waals surface area contributed by atoms with Crippen molar-refractivity contribution in [3.05, 3.63) is 64.0 Å². The number of amides is 1. The summed E-state index contributed by atoms with van der Waals surface area (Å²) in [6, 6.07) is 5.74. The van der Waals surface area contributed by atoms with Gasteiger partial charge in [-0.05, 0) is 18.2 Å². The number of carboxylic acids is 1. The fraction of sp³-hybridized carbons (Fsp3) is 0. The van der Waals surface area contributed by atoms with Crippen molar-refractivity contribution in [1.29, 1.82) is 0 Å². The highest BCUT2D eigenvalue weighted by molar-refractivity contribution is 6.07. The molecule has 0 radical (unpaired) electrons. The van der Waals surface area contributed by atoms with E-state index in [-0.39, 0.29) is 11.3 Å². The number of nitrogens with one attached hydrogen (secondary N) is 1. The highest BCUT2D eigenvalue weighted by Crippen LogP contribution is 2.19. The second-order valence-corrected chi connectivity index (χ2v) is 3.77. The van der Waals surface area contributed by atoms with Gasteiger partial charge in [0, 0.05) is 6.07 Å². The topological polar surface area (TPSA) is 96.6 Å². The molecule has 0 saturated carbocycles. The number of aromatic carboxylic acids is 1. The van der Waals surface area contributed by atoms with E-state index in [1.54, 1.807) is 0 Å². The van der Waals surface area contributed by atoms with Gasteiger partial charge in [-0.15, -0.1) is 0 Å². The maximum absolute atomic E-state index is 13.4. The predicted molar refractivity (Wildman–Crippen MR) is 66.3 cm³/mol. The van der Waals surface area contributed by atoms with Gasteiger partial charge in [0.25, 0.3) is 5.91 Å². The normalized spacial score (nSPS) is 10.1. The Balaban J connectivity index is 2.33. The highest BCUT2D eigenvalue weighted by Gasteiger charge is 2.18. The summed E-state index contributed by atoms with van der Waals surface area (Å²) in [5, 5.41) is 11.2. The lowest BCUT2D eigenvalue weighted by atomic mass is 10.1. The molecule has 2 rings (SSSR count). The molecule has 0 unspecified atom stereocenters. The quantitative estimate of drug-likeness (QED) is 0.890. The van der Waals surface area contributed by atoms with E-state index in [0.29, 0.717) is 0 Å². The number of hydrogen-bond donors (Lipinski definition) is 2. The van der Waals surface area contributed by atoms with Crippen LogP contribution in [-0.4, -0.2) is 17.0 Å². The standard InChI is InChI=1S/C13H8FNO5/c14-8-2-1-3-9(11(8)13(18)19)15-12(17)7-4-5-10(16)20-6-7/h1-6H,(H,15,17)(H,18,19). The summed E-state index contributed by atoms with van der Waals surface area (Å²) in [6.45, 7) is 0. The molecule has 20 heavy (non-hydrogen) atoms. The van der Waals surface area contributed by atoms with E-state index in [9.17, 15) is 18.8 Å². The molecule has 1 heterocycles. The van der Waals surface area contributed by atoms with E-state index in [1.165, 1.54) is 18.2 Å². The van der Waals surface area contributed by atoms with Crippen LogP contribution >= 0.6 is 0 Å². The molecule has 0 aliphatic carbocycles. The lowest BCUT2D eigenvalue weighted by molar-refractivity contribution is 0.0693. The first-order chi connectivity index (χ1) is 9.49. The zero-order valence-corrected chi connectivity index (χ0v) is 9.92. The molecule has 6 nitrogen and oxygen atoms in total. The van der Waals surface area contributed by atoms with Gasteiger partial charge in [0.1, 0.15) is 17.6 Å². The summed E-state index contributed by atoms with van der Waals surface area (Å²) in [5.41, 5.74) is -1.45. The molecule has 0 atom stereocenters. The van der Waals surface area contributed by atoms with Crippen LogP contribution in [0.3, 0.4) is 0 Å². The Morgan fingerprint density at radius 2 is 1.95 bits per heavy atom. The van der Waals surface area contributed by atoms with Crippen LogP contribution in [0.2, 0.25) is 0 Å². The van der Waals surface area contributed by atoms with Crippen LogP contribution in [0.15, 0.2) is 45.8 Å². The number of carboxylic acid groups (broad SMARTS) is 1. The van der Waals surface area contributed by atoms with Crippen LogP contribution in [0.5, 0.6) is 0 Å². The van der Waals surface area contributed by atoms with E-state index >= 15 is 0 Å². The summed E-state index contributed by atoms with van der Waals surface area (Å²) in [4.78, 5) is 33.5. The summed E-state index contributed by atoms with van der Waals surface area (Å²) < 4.78 is 17.9. The van der Waals surface area contributed by atoms with E-state index < -0.39 is 28.9 Å². The third-order valence-corrected chi connectivity index (χ3v) is 2.44. The SMILES string of the molecule is O=C(Nc1cccc(F)c1C(=O)O)c1ccc(=O)oc1. The van der Waals surface area contributed by atoms with Gasteiger partial charge in [0.2, 0.25) is 0 Å². The lowest BCUT2D eigenvalue weighted by Crippen LogP contribution is -2.16. The molecule has 1 aromatic carbocycles. The van der Waals surface area contributed by atoms with Crippen LogP contribution < -0.4 is 10.9 Å². The molecule has 1 amide bonds. The molecule has 102 valence electrons. The number of carbonyl (C=O) groups is 2. The molecule has 0 aliphatic heterocycles. The van der Waals surface area contributed by atoms with Crippen molar-refractivity contribution in [2.24, 2.45) is 0 Å². The number of benzene rings is 1. The maximum Gasteiger partial charge on any atom is 0.340 e. The van der Waals surface area contributed by atoms with E-state index in [1.807, 2.05) is 0 Å². The smallest absolute Gasteiger partial charge is 0.340 e. The van der Waals surface area contributed by atoms with Gasteiger partial charge in [-0.25, -0.2) is 14.0 Å². The van der Waals surface area contributed by atoms with Crippen molar-refractivity contribution < 1.29 is 23.5 Å². The van der Waals surface area contributed by atoms with Crippen molar-refractivity contribution in [2.75, 3.05) is 5.32 Å². The van der Waals surface area contributed by atoms with Gasteiger partial charge < -0.3 is 14.8 Å². The minimum Gasteiger partial charge on any atom is -0.478 e. The van der Waals surface area contributed by atoms with Crippen LogP contribution in [0, 0.1) is 5.82 Å². The molecule has 0 aliphatic rings. The van der Waals surface area contributed by atoms with Crippen LogP contribution in [0.4, 0.5) is 10.1 Å². The summed E-state index contributed by atoms with van der Waals surface area (Å²) in [5.74, 6) is -3.19. The van der Waals surface area contributed by atoms with Crippen LogP contribution in [-0.2, 0) is 0 Å². The van der Waals surface area contributed by atoms with Gasteiger partial charge in [0.05, 0.1) is 11.3 Å². The second-order valence-electron chi connectivity index (χ2n) is 3.77. The zero-order chi connectivity index (χ0) is 14.7. The first-order valence-electron chi connectivity index (χ1n) is 5.41. The van der Waals surface area contributed by atoms with Crippen molar-refractivity contribution in [3.8, 4) is 0 Å². The van der Waals surface area contributed by atoms with Crippen molar-refractivity contribution >= 4 is 17.6 Å². The summed E-state index contributed by atoms with van der Waals surface area (Å²) in [7, 11) is 0. The Morgan fingerprint density at radius 1 is 1.20 bits per heavy atom. The molecule has 0 spiro atoms. The van der Waals surface area contributed by atoms with Crippen molar-refractivity contribution in [3.63, 3.8) is 0 Å². The number of carbonyl (C=O) groups excluding carboxylic acids is 1. The van der Waals surface area contributed by atoms with Gasteiger partial charge in [0.15, 0.2) is 0 Å². The fourth-order valence-electron chi connectivity index (χ4n) is 1.53. The number of halogens is 1. The Morgan fingerprint density at radius 3 is 2.55 bits per heavy atom. The van der Waals surface area contributed by atoms with E-state index in [2.05, 4.69) is 9.73 Å². The number of hydrogen-bond acceptors (Lipinski definition) is 4. The Kier molecular flexibility index (Phi) is 3.60. The Bertz CT molecular complexity index is 717. The monoisotopic (exact) mass is 277 g/mol. The van der Waals surface area contributed by atoms with Gasteiger partial charge in [-0.3, -0.25) is 4.79 Å². The van der Waals surface area contributed by atoms with Crippen LogP contribution in [0.1, 0.15) is 20.7 Å². The lowest BCUT2D eigenvalue weighted by Gasteiger charge is -2.08. The number of rotatable bonds is 3. The molecule has 2 aromatic rings. The van der Waals surface area contributed by atoms with Gasteiger partial charge >= 0.3 is 11.6 Å². The Hall–Kier alpha value is -2.96. The summed E-state index contributed by atoms with van der Waals surface area (Å²) in [6.07, 6.45) is 0.928. The van der Waals surface area contributed by atoms with Gasteiger partial charge in [-0.1, -0.05) is 6.07 Å². The largest absolute Gasteiger partial charge is 0.478 e. The molecule has 0 saturated heterocycles. The van der Waals surface area contributed by atoms with E-state index in [0.717, 1.165) is 18.4 Å². The molecule has 0 fully saturated rings. The zero-order valence-electron chi connectivity index (χ0n) is 9.92. The first kappa shape index (κ1) is 13.5. The predicted octanol–water partition coefficient (Wildman–Crippen LogP) is 1.73. The molecule has 7 heteroatoms. The molecular formula is C13H8FNO5. The van der Waals surface area contributed by atoms with Crippen LogP contribution in [0.25, 0.3) is 0 Å². The fourth-order valence-corrected chi connectivity index (χ4v) is 1.53. The van der Waals surface area contributed by atoms with Gasteiger partial charge in [-0.2, -0.15) is 0 Å². The maximum atomic E-state index is 13.4. The summed E-state index contributed by atoms with van der Waals surface area (Å²) >= 11 is 0. The van der Waals surface area contributed by atoms with E-state index in [4.69, 9.17) is 5.11 Å². The van der Waals surface area contributed by atoms with Crippen molar-refractivity contribution in [2.45, 2.75) is 0 Å². The van der Waals surface area contributed by atoms with Crippen molar-refractivity contribution in [1.82, 2.24) is 0 Å². The minimum absolute atomic E-state index is 0.00481.